The van der Waals surface area contributed by atoms with Crippen LogP contribution in [0.2, 0.25) is 0 Å². The first-order valence-corrected chi connectivity index (χ1v) is 13.1. The van der Waals surface area contributed by atoms with Crippen molar-refractivity contribution in [3.8, 4) is 11.3 Å². The highest BCUT2D eigenvalue weighted by Gasteiger charge is 2.46. The maximum absolute atomic E-state index is 5.29. The summed E-state index contributed by atoms with van der Waals surface area (Å²) in [5, 5.41) is 6.30. The number of allylic oxidation sites excluding steroid dienone is 1. The molecule has 0 radical (unpaired) electrons. The largest absolute Gasteiger partial charge is 0.331 e. The van der Waals surface area contributed by atoms with E-state index in [1.54, 1.807) is 0 Å². The maximum Gasteiger partial charge on any atom is 0.231 e. The van der Waals surface area contributed by atoms with E-state index in [4.69, 9.17) is 9.97 Å². The van der Waals surface area contributed by atoms with Gasteiger partial charge in [0.2, 0.25) is 5.95 Å². The van der Waals surface area contributed by atoms with Crippen LogP contribution in [0.25, 0.3) is 44.6 Å². The second kappa shape index (κ2) is 7.30. The summed E-state index contributed by atoms with van der Waals surface area (Å²) >= 11 is 0. The lowest BCUT2D eigenvalue weighted by molar-refractivity contribution is 0.560. The summed E-state index contributed by atoms with van der Waals surface area (Å²) in [6.45, 7) is 0. The maximum atomic E-state index is 5.29. The summed E-state index contributed by atoms with van der Waals surface area (Å²) in [6.07, 6.45) is 6.81. The molecule has 0 N–H and O–H groups in total. The molecule has 0 aliphatic carbocycles. The average Bonchev–Trinajstić information content (AvgIpc) is 3.62. The first-order chi connectivity index (χ1) is 18.9. The van der Waals surface area contributed by atoms with Gasteiger partial charge in [-0.3, -0.25) is 4.90 Å². The van der Waals surface area contributed by atoms with Crippen molar-refractivity contribution < 1.29 is 0 Å². The third-order valence-corrected chi connectivity index (χ3v) is 8.28. The second-order valence-electron chi connectivity index (χ2n) is 10.2. The van der Waals surface area contributed by atoms with Crippen molar-refractivity contribution in [2.45, 2.75) is 12.1 Å². The van der Waals surface area contributed by atoms with Crippen molar-refractivity contribution in [3.05, 3.63) is 132 Å². The Hall–Kier alpha value is -4.96. The predicted octanol–water partition coefficient (Wildman–Crippen LogP) is 5.88. The third-order valence-electron chi connectivity index (χ3n) is 8.28. The molecule has 6 aromatic rings. The van der Waals surface area contributed by atoms with Crippen LogP contribution in [0, 0.1) is 0 Å². The number of nitrogens with zero attached hydrogens (tertiary/aromatic N) is 4. The summed E-state index contributed by atoms with van der Waals surface area (Å²) in [7, 11) is 0. The summed E-state index contributed by atoms with van der Waals surface area (Å²) in [5.74, 6) is 0.745. The second-order valence-corrected chi connectivity index (χ2v) is 10.2. The normalized spacial score (nSPS) is 18.5. The SMILES string of the molecule is C1=CC2C3C(=c4c5ccccc5c(n42)=C1)c1ccccc1N3c1nc(-c2ccccc2)c2ccccc2n1. The number of rotatable bonds is 2. The molecule has 38 heavy (non-hydrogen) atoms. The average molecular weight is 487 g/mol. The van der Waals surface area contributed by atoms with Crippen molar-refractivity contribution in [1.29, 1.82) is 0 Å². The molecule has 2 atom stereocenters. The van der Waals surface area contributed by atoms with E-state index in [9.17, 15) is 0 Å². The molecule has 3 aliphatic rings. The fraction of sp³-hybridized carbons (Fsp3) is 0.0588. The minimum Gasteiger partial charge on any atom is -0.331 e. The molecule has 0 saturated heterocycles. The number of fused-ring (bicyclic) bond motifs is 8. The zero-order chi connectivity index (χ0) is 24.8. The van der Waals surface area contributed by atoms with Gasteiger partial charge < -0.3 is 4.57 Å². The zero-order valence-electron chi connectivity index (χ0n) is 20.5. The van der Waals surface area contributed by atoms with Gasteiger partial charge in [-0.2, -0.15) is 0 Å². The van der Waals surface area contributed by atoms with Crippen molar-refractivity contribution in [1.82, 2.24) is 14.5 Å². The fourth-order valence-corrected chi connectivity index (χ4v) is 6.80. The van der Waals surface area contributed by atoms with Crippen molar-refractivity contribution in [2.75, 3.05) is 4.90 Å². The van der Waals surface area contributed by atoms with Gasteiger partial charge in [-0.1, -0.05) is 103 Å². The van der Waals surface area contributed by atoms with Gasteiger partial charge in [0.25, 0.3) is 0 Å². The molecule has 0 fully saturated rings. The highest BCUT2D eigenvalue weighted by molar-refractivity contribution is 5.99. The number of anilines is 2. The smallest absolute Gasteiger partial charge is 0.231 e. The molecule has 0 bridgehead atoms. The molecule has 2 aromatic heterocycles. The molecule has 4 heteroatoms. The van der Waals surface area contributed by atoms with Crippen LogP contribution >= 0.6 is 0 Å². The van der Waals surface area contributed by atoms with E-state index in [1.165, 1.54) is 38.3 Å². The van der Waals surface area contributed by atoms with Crippen LogP contribution in [-0.2, 0) is 0 Å². The van der Waals surface area contributed by atoms with Crippen LogP contribution in [0.4, 0.5) is 11.6 Å². The van der Waals surface area contributed by atoms with Crippen LogP contribution in [0.1, 0.15) is 11.6 Å². The lowest BCUT2D eigenvalue weighted by atomic mass is 9.97. The molecule has 0 spiro atoms. The van der Waals surface area contributed by atoms with Crippen molar-refractivity contribution in [2.24, 2.45) is 0 Å². The topological polar surface area (TPSA) is 34.0 Å². The summed E-state index contributed by atoms with van der Waals surface area (Å²) in [6, 6.07) is 36.6. The number of para-hydroxylation sites is 2. The number of hydrogen-bond acceptors (Lipinski definition) is 3. The molecule has 0 saturated carbocycles. The van der Waals surface area contributed by atoms with Gasteiger partial charge in [0, 0.05) is 38.2 Å². The molecule has 5 heterocycles. The molecular weight excluding hydrogens is 464 g/mol. The number of benzene rings is 4. The highest BCUT2D eigenvalue weighted by Crippen LogP contribution is 2.49. The summed E-state index contributed by atoms with van der Waals surface area (Å²) < 4.78 is 2.53. The van der Waals surface area contributed by atoms with Crippen LogP contribution in [0.15, 0.2) is 115 Å². The van der Waals surface area contributed by atoms with Gasteiger partial charge in [0.1, 0.15) is 0 Å². The Balaban J connectivity index is 1.38. The van der Waals surface area contributed by atoms with Crippen molar-refractivity contribution >= 4 is 45.0 Å². The fourth-order valence-electron chi connectivity index (χ4n) is 6.80. The molecule has 9 rings (SSSR count). The van der Waals surface area contributed by atoms with E-state index < -0.39 is 0 Å². The van der Waals surface area contributed by atoms with E-state index in [1.807, 2.05) is 6.07 Å². The Morgan fingerprint density at radius 2 is 1.39 bits per heavy atom. The first kappa shape index (κ1) is 20.1. The van der Waals surface area contributed by atoms with E-state index in [0.717, 1.165) is 28.1 Å². The van der Waals surface area contributed by atoms with Gasteiger partial charge in [-0.05, 0) is 18.2 Å². The Kier molecular flexibility index (Phi) is 3.87. The quantitative estimate of drug-likeness (QED) is 0.307. The first-order valence-electron chi connectivity index (χ1n) is 13.1. The van der Waals surface area contributed by atoms with Gasteiger partial charge in [0.15, 0.2) is 0 Å². The third kappa shape index (κ3) is 2.49. The molecule has 4 nitrogen and oxygen atoms in total. The van der Waals surface area contributed by atoms with Crippen molar-refractivity contribution in [3.63, 3.8) is 0 Å². The van der Waals surface area contributed by atoms with Crippen LogP contribution in [0.3, 0.4) is 0 Å². The Morgan fingerprint density at radius 1 is 0.658 bits per heavy atom. The van der Waals surface area contributed by atoms with E-state index in [2.05, 4.69) is 125 Å². The molecule has 3 aliphatic heterocycles. The predicted molar refractivity (Wildman–Crippen MR) is 154 cm³/mol. The van der Waals surface area contributed by atoms with Gasteiger partial charge in [-0.25, -0.2) is 9.97 Å². The lowest BCUT2D eigenvalue weighted by Gasteiger charge is -2.30. The molecular formula is C34H22N4. The standard InChI is InChI=1S/C34H22N4/c1-2-11-21(12-3-1)31-24-15-6-8-17-26(24)35-34(36-31)38-28-18-9-7-16-25(28)30-32-23-14-5-4-13-22(23)27-19-10-20-29(33(30)38)37(27)32/h1-20,29,33H. The molecule has 2 unspecified atom stereocenters. The Morgan fingerprint density at radius 3 is 2.29 bits per heavy atom. The minimum absolute atomic E-state index is 0.0838. The molecule has 4 aromatic carbocycles. The van der Waals surface area contributed by atoms with E-state index in [-0.39, 0.29) is 12.1 Å². The Labute approximate surface area is 219 Å². The van der Waals surface area contributed by atoms with Gasteiger partial charge in [0.05, 0.1) is 34.3 Å². The van der Waals surface area contributed by atoms with Gasteiger partial charge in [-0.15, -0.1) is 0 Å². The number of hydrogen-bond donors (Lipinski definition) is 0. The van der Waals surface area contributed by atoms with Crippen LogP contribution in [-0.4, -0.2) is 20.6 Å². The highest BCUT2D eigenvalue weighted by atomic mass is 15.3. The van der Waals surface area contributed by atoms with Gasteiger partial charge >= 0.3 is 0 Å². The Bertz CT molecular complexity index is 2100. The van der Waals surface area contributed by atoms with Crippen LogP contribution < -0.4 is 15.6 Å². The van der Waals surface area contributed by atoms with Crippen LogP contribution in [0.5, 0.6) is 0 Å². The minimum atomic E-state index is 0.0838. The monoisotopic (exact) mass is 486 g/mol. The van der Waals surface area contributed by atoms with E-state index >= 15 is 0 Å². The summed E-state index contributed by atoms with van der Waals surface area (Å²) in [4.78, 5) is 12.9. The van der Waals surface area contributed by atoms with E-state index in [0.29, 0.717) is 0 Å². The molecule has 0 amide bonds. The zero-order valence-corrected chi connectivity index (χ0v) is 20.5. The number of aromatic nitrogens is 3. The summed E-state index contributed by atoms with van der Waals surface area (Å²) in [5.41, 5.74) is 6.83. The molecule has 178 valence electrons. The lowest BCUT2D eigenvalue weighted by Crippen LogP contribution is -2.37.